The van der Waals surface area contributed by atoms with Crippen molar-refractivity contribution in [2.75, 3.05) is 0 Å². The molecule has 1 atom stereocenters. The topological polar surface area (TPSA) is 70.1 Å². The highest BCUT2D eigenvalue weighted by Crippen LogP contribution is 2.14. The average molecular weight is 280 g/mol. The summed E-state index contributed by atoms with van der Waals surface area (Å²) in [7, 11) is 1.76. The maximum absolute atomic E-state index is 11.8. The number of hydrogen-bond acceptors (Lipinski definition) is 4. The van der Waals surface area contributed by atoms with E-state index in [4.69, 9.17) is 22.1 Å². The molecule has 0 aliphatic carbocycles. The van der Waals surface area contributed by atoms with Crippen LogP contribution in [0.5, 0.6) is 0 Å². The van der Waals surface area contributed by atoms with Crippen LogP contribution < -0.4 is 5.73 Å². The molecule has 100 valence electrons. The number of carbonyl (C=O) groups excluding carboxylic acids is 1. The Labute approximate surface area is 115 Å². The summed E-state index contributed by atoms with van der Waals surface area (Å²) in [6.07, 6.45) is 3.23. The second-order valence-electron chi connectivity index (χ2n) is 4.16. The maximum atomic E-state index is 11.8. The Morgan fingerprint density at radius 3 is 3.00 bits per heavy atom. The van der Waals surface area contributed by atoms with Gasteiger partial charge in [-0.15, -0.1) is 0 Å². The fourth-order valence-electron chi connectivity index (χ4n) is 1.61. The summed E-state index contributed by atoms with van der Waals surface area (Å²) in [5.74, 6) is -0.493. The van der Waals surface area contributed by atoms with Gasteiger partial charge in [0.05, 0.1) is 6.20 Å². The number of benzene rings is 1. The molecule has 2 rings (SSSR count). The summed E-state index contributed by atoms with van der Waals surface area (Å²) in [4.78, 5) is 11.8. The molecular weight excluding hydrogens is 266 g/mol. The molecule has 0 bridgehead atoms. The van der Waals surface area contributed by atoms with Crippen molar-refractivity contribution in [3.8, 4) is 0 Å². The summed E-state index contributed by atoms with van der Waals surface area (Å²) in [6.45, 7) is 0.146. The Bertz CT molecular complexity index is 583. The summed E-state index contributed by atoms with van der Waals surface area (Å²) in [5, 5.41) is 4.56. The molecule has 0 fully saturated rings. The molecule has 2 N–H and O–H groups in total. The van der Waals surface area contributed by atoms with Gasteiger partial charge in [-0.2, -0.15) is 5.10 Å². The second kappa shape index (κ2) is 5.86. The Kier molecular flexibility index (Phi) is 4.19. The molecule has 5 nitrogen and oxygen atoms in total. The molecule has 1 heterocycles. The van der Waals surface area contributed by atoms with Crippen molar-refractivity contribution in [2.45, 2.75) is 12.6 Å². The minimum Gasteiger partial charge on any atom is -0.459 e. The van der Waals surface area contributed by atoms with Crippen LogP contribution in [0.15, 0.2) is 36.7 Å². The van der Waals surface area contributed by atoms with E-state index in [0.717, 1.165) is 5.56 Å². The van der Waals surface area contributed by atoms with Crippen molar-refractivity contribution < 1.29 is 9.53 Å². The van der Waals surface area contributed by atoms with E-state index in [0.29, 0.717) is 10.6 Å². The zero-order valence-corrected chi connectivity index (χ0v) is 11.2. The molecule has 0 saturated carbocycles. The lowest BCUT2D eigenvalue weighted by Crippen LogP contribution is -2.23. The van der Waals surface area contributed by atoms with E-state index in [9.17, 15) is 4.79 Å². The molecule has 1 unspecified atom stereocenters. The number of aryl methyl sites for hydroxylation is 1. The minimum absolute atomic E-state index is 0.146. The molecule has 0 aliphatic rings. The number of hydrogen-bond donors (Lipinski definition) is 1. The van der Waals surface area contributed by atoms with Gasteiger partial charge in [-0.25, -0.2) is 4.79 Å². The molecule has 1 aromatic carbocycles. The van der Waals surface area contributed by atoms with E-state index < -0.39 is 12.0 Å². The number of aromatic nitrogens is 2. The molecule has 0 radical (unpaired) electrons. The summed E-state index contributed by atoms with van der Waals surface area (Å²) in [5.41, 5.74) is 7.23. The third kappa shape index (κ3) is 3.56. The van der Waals surface area contributed by atoms with Crippen LogP contribution in [0.3, 0.4) is 0 Å². The van der Waals surface area contributed by atoms with Crippen molar-refractivity contribution in [3.63, 3.8) is 0 Å². The number of nitrogens with two attached hydrogens (primary N) is 1. The van der Waals surface area contributed by atoms with Crippen molar-refractivity contribution in [1.82, 2.24) is 9.78 Å². The molecule has 0 amide bonds. The van der Waals surface area contributed by atoms with Crippen molar-refractivity contribution in [2.24, 2.45) is 12.8 Å². The van der Waals surface area contributed by atoms with E-state index >= 15 is 0 Å². The van der Waals surface area contributed by atoms with Gasteiger partial charge in [-0.3, -0.25) is 4.68 Å². The maximum Gasteiger partial charge on any atom is 0.328 e. The fourth-order valence-corrected chi connectivity index (χ4v) is 1.82. The molecule has 0 saturated heterocycles. The Hall–Kier alpha value is -1.85. The van der Waals surface area contributed by atoms with Crippen LogP contribution in [0.2, 0.25) is 5.02 Å². The normalized spacial score (nSPS) is 12.2. The van der Waals surface area contributed by atoms with Gasteiger partial charge in [0.15, 0.2) is 0 Å². The lowest BCUT2D eigenvalue weighted by molar-refractivity contribution is -0.146. The van der Waals surface area contributed by atoms with Crippen LogP contribution in [0.25, 0.3) is 0 Å². The van der Waals surface area contributed by atoms with Crippen LogP contribution in [0.1, 0.15) is 17.2 Å². The molecule has 0 aliphatic heterocycles. The highest BCUT2D eigenvalue weighted by Gasteiger charge is 2.18. The van der Waals surface area contributed by atoms with Gasteiger partial charge in [0.1, 0.15) is 12.6 Å². The van der Waals surface area contributed by atoms with Crippen molar-refractivity contribution >= 4 is 17.6 Å². The molecule has 2 aromatic rings. The first-order valence-electron chi connectivity index (χ1n) is 5.71. The third-order valence-corrected chi connectivity index (χ3v) is 2.84. The first-order valence-corrected chi connectivity index (χ1v) is 6.09. The quantitative estimate of drug-likeness (QED) is 0.867. The van der Waals surface area contributed by atoms with E-state index in [-0.39, 0.29) is 6.61 Å². The van der Waals surface area contributed by atoms with Gasteiger partial charge in [-0.1, -0.05) is 23.7 Å². The number of rotatable bonds is 4. The van der Waals surface area contributed by atoms with Crippen LogP contribution in [0.4, 0.5) is 0 Å². The van der Waals surface area contributed by atoms with E-state index in [1.165, 1.54) is 0 Å². The Morgan fingerprint density at radius 2 is 2.37 bits per heavy atom. The fraction of sp³-hybridized carbons (Fsp3) is 0.231. The van der Waals surface area contributed by atoms with Gasteiger partial charge in [0.25, 0.3) is 0 Å². The number of ether oxygens (including phenoxy) is 1. The standard InChI is InChI=1S/C13H14ClN3O2/c1-17-7-10(6-16-17)12(15)13(18)19-8-9-3-2-4-11(14)5-9/h2-7,12H,8,15H2,1H3. The summed E-state index contributed by atoms with van der Waals surface area (Å²) < 4.78 is 6.73. The largest absolute Gasteiger partial charge is 0.459 e. The van der Waals surface area contributed by atoms with Gasteiger partial charge in [-0.05, 0) is 17.7 Å². The zero-order valence-electron chi connectivity index (χ0n) is 10.4. The van der Waals surface area contributed by atoms with E-state index in [1.807, 2.05) is 6.07 Å². The number of carbonyl (C=O) groups is 1. The minimum atomic E-state index is -0.826. The van der Waals surface area contributed by atoms with Crippen LogP contribution in [0, 0.1) is 0 Å². The SMILES string of the molecule is Cn1cc(C(N)C(=O)OCc2cccc(Cl)c2)cn1. The monoisotopic (exact) mass is 279 g/mol. The van der Waals surface area contributed by atoms with Gasteiger partial charge in [0, 0.05) is 23.8 Å². The predicted octanol–water partition coefficient (Wildman–Crippen LogP) is 1.82. The summed E-state index contributed by atoms with van der Waals surface area (Å²) in [6, 6.07) is 6.30. The lowest BCUT2D eigenvalue weighted by atomic mass is 10.2. The molecule has 1 aromatic heterocycles. The number of esters is 1. The smallest absolute Gasteiger partial charge is 0.328 e. The highest BCUT2D eigenvalue weighted by molar-refractivity contribution is 6.30. The number of nitrogens with zero attached hydrogens (tertiary/aromatic N) is 2. The highest BCUT2D eigenvalue weighted by atomic mass is 35.5. The molecule has 0 spiro atoms. The van der Waals surface area contributed by atoms with E-state index in [1.54, 1.807) is 42.3 Å². The van der Waals surface area contributed by atoms with Gasteiger partial charge >= 0.3 is 5.97 Å². The predicted molar refractivity (Wildman–Crippen MR) is 71.4 cm³/mol. The van der Waals surface area contributed by atoms with Crippen LogP contribution in [-0.4, -0.2) is 15.7 Å². The lowest BCUT2D eigenvalue weighted by Gasteiger charge is -2.10. The van der Waals surface area contributed by atoms with Gasteiger partial charge in [0.2, 0.25) is 0 Å². The average Bonchev–Trinajstić information content (AvgIpc) is 2.82. The molecule has 6 heteroatoms. The van der Waals surface area contributed by atoms with Crippen molar-refractivity contribution in [1.29, 1.82) is 0 Å². The van der Waals surface area contributed by atoms with Crippen LogP contribution in [-0.2, 0) is 23.2 Å². The first kappa shape index (κ1) is 13.6. The van der Waals surface area contributed by atoms with Crippen molar-refractivity contribution in [3.05, 3.63) is 52.8 Å². The zero-order chi connectivity index (χ0) is 13.8. The molecular formula is C13H14ClN3O2. The Morgan fingerprint density at radius 1 is 1.58 bits per heavy atom. The second-order valence-corrected chi connectivity index (χ2v) is 4.60. The first-order chi connectivity index (χ1) is 9.06. The van der Waals surface area contributed by atoms with Gasteiger partial charge < -0.3 is 10.5 Å². The Balaban J connectivity index is 1.94. The van der Waals surface area contributed by atoms with E-state index in [2.05, 4.69) is 5.10 Å². The summed E-state index contributed by atoms with van der Waals surface area (Å²) >= 11 is 5.85. The van der Waals surface area contributed by atoms with Crippen LogP contribution >= 0.6 is 11.6 Å². The third-order valence-electron chi connectivity index (χ3n) is 2.61. The number of halogens is 1. The molecule has 19 heavy (non-hydrogen) atoms.